The van der Waals surface area contributed by atoms with Crippen LogP contribution in [0.4, 0.5) is 4.39 Å². The molecule has 0 saturated carbocycles. The SMILES string of the molecule is OC(c1sccc1Cl)c1ccc(F)c2ccccc12. The van der Waals surface area contributed by atoms with Crippen LogP contribution in [0.2, 0.25) is 5.02 Å². The summed E-state index contributed by atoms with van der Waals surface area (Å²) in [6.45, 7) is 0. The van der Waals surface area contributed by atoms with Crippen molar-refractivity contribution >= 4 is 33.7 Å². The summed E-state index contributed by atoms with van der Waals surface area (Å²) in [4.78, 5) is 0.679. The molecule has 3 aromatic rings. The van der Waals surface area contributed by atoms with Gasteiger partial charge in [0.05, 0.1) is 9.90 Å². The molecule has 96 valence electrons. The van der Waals surface area contributed by atoms with Crippen molar-refractivity contribution < 1.29 is 9.50 Å². The topological polar surface area (TPSA) is 20.2 Å². The molecule has 0 aliphatic heterocycles. The predicted molar refractivity (Wildman–Crippen MR) is 77.3 cm³/mol. The fourth-order valence-corrected chi connectivity index (χ4v) is 3.33. The van der Waals surface area contributed by atoms with E-state index in [4.69, 9.17) is 11.6 Å². The Morgan fingerprint density at radius 2 is 1.79 bits per heavy atom. The lowest BCUT2D eigenvalue weighted by molar-refractivity contribution is 0.226. The Balaban J connectivity index is 2.21. The number of hydrogen-bond acceptors (Lipinski definition) is 2. The Hall–Kier alpha value is -1.42. The summed E-state index contributed by atoms with van der Waals surface area (Å²) < 4.78 is 13.7. The van der Waals surface area contributed by atoms with Gasteiger partial charge in [0.25, 0.3) is 0 Å². The minimum absolute atomic E-state index is 0.288. The highest BCUT2D eigenvalue weighted by atomic mass is 35.5. The van der Waals surface area contributed by atoms with Gasteiger partial charge >= 0.3 is 0 Å². The van der Waals surface area contributed by atoms with E-state index < -0.39 is 6.10 Å². The molecule has 1 nitrogen and oxygen atoms in total. The van der Waals surface area contributed by atoms with Gasteiger partial charge in [0, 0.05) is 5.39 Å². The first-order valence-corrected chi connectivity index (χ1v) is 7.02. The summed E-state index contributed by atoms with van der Waals surface area (Å²) in [5.41, 5.74) is 0.668. The second-order valence-corrected chi connectivity index (χ2v) is 5.57. The van der Waals surface area contributed by atoms with Crippen molar-refractivity contribution in [2.24, 2.45) is 0 Å². The highest BCUT2D eigenvalue weighted by Gasteiger charge is 2.18. The summed E-state index contributed by atoms with van der Waals surface area (Å²) in [6, 6.07) is 11.8. The van der Waals surface area contributed by atoms with Crippen molar-refractivity contribution in [3.8, 4) is 0 Å². The number of benzene rings is 2. The zero-order valence-corrected chi connectivity index (χ0v) is 11.4. The molecule has 0 fully saturated rings. The highest BCUT2D eigenvalue weighted by Crippen LogP contribution is 2.36. The lowest BCUT2D eigenvalue weighted by Crippen LogP contribution is -1.99. The van der Waals surface area contributed by atoms with Crippen LogP contribution < -0.4 is 0 Å². The maximum Gasteiger partial charge on any atom is 0.131 e. The first-order chi connectivity index (χ1) is 9.18. The Bertz CT molecular complexity index is 738. The van der Waals surface area contributed by atoms with E-state index in [1.165, 1.54) is 17.4 Å². The van der Waals surface area contributed by atoms with Crippen LogP contribution in [0.15, 0.2) is 47.8 Å². The Labute approximate surface area is 118 Å². The molecule has 1 unspecified atom stereocenters. The van der Waals surface area contributed by atoms with Gasteiger partial charge in [-0.15, -0.1) is 11.3 Å². The molecular formula is C15H10ClFOS. The molecule has 1 atom stereocenters. The third kappa shape index (κ3) is 2.14. The summed E-state index contributed by atoms with van der Waals surface area (Å²) in [7, 11) is 0. The van der Waals surface area contributed by atoms with Crippen LogP contribution in [-0.4, -0.2) is 5.11 Å². The first-order valence-electron chi connectivity index (χ1n) is 5.76. The van der Waals surface area contributed by atoms with E-state index in [0.29, 0.717) is 26.2 Å². The zero-order valence-electron chi connectivity index (χ0n) is 9.81. The molecule has 0 aliphatic carbocycles. The van der Waals surface area contributed by atoms with E-state index in [0.717, 1.165) is 0 Å². The normalized spacial score (nSPS) is 12.8. The molecule has 1 aromatic heterocycles. The summed E-state index contributed by atoms with van der Waals surface area (Å²) in [5.74, 6) is -0.288. The third-order valence-corrected chi connectivity index (χ3v) is 4.50. The molecule has 0 aliphatic rings. The second-order valence-electron chi connectivity index (χ2n) is 4.22. The van der Waals surface area contributed by atoms with Crippen molar-refractivity contribution in [2.75, 3.05) is 0 Å². The number of aliphatic hydroxyl groups is 1. The number of hydrogen-bond donors (Lipinski definition) is 1. The van der Waals surface area contributed by atoms with Crippen LogP contribution in [0.1, 0.15) is 16.5 Å². The van der Waals surface area contributed by atoms with Gasteiger partial charge in [-0.25, -0.2) is 4.39 Å². The largest absolute Gasteiger partial charge is 0.383 e. The van der Waals surface area contributed by atoms with Crippen LogP contribution in [0.25, 0.3) is 10.8 Å². The predicted octanol–water partition coefficient (Wildman–Crippen LogP) is 4.78. The van der Waals surface area contributed by atoms with E-state index in [-0.39, 0.29) is 5.82 Å². The monoisotopic (exact) mass is 292 g/mol. The van der Waals surface area contributed by atoms with Gasteiger partial charge in [0.2, 0.25) is 0 Å². The number of thiophene rings is 1. The lowest BCUT2D eigenvalue weighted by Gasteiger charge is -2.13. The van der Waals surface area contributed by atoms with Crippen molar-refractivity contribution in [3.05, 3.63) is 69.1 Å². The van der Waals surface area contributed by atoms with Crippen molar-refractivity contribution in [1.82, 2.24) is 0 Å². The molecule has 0 radical (unpaired) electrons. The van der Waals surface area contributed by atoms with E-state index in [1.54, 1.807) is 30.3 Å². The van der Waals surface area contributed by atoms with Crippen LogP contribution in [0, 0.1) is 5.82 Å². The van der Waals surface area contributed by atoms with Gasteiger partial charge in [-0.1, -0.05) is 41.9 Å². The summed E-state index contributed by atoms with van der Waals surface area (Å²) in [5, 5.41) is 14.0. The average molecular weight is 293 g/mol. The minimum atomic E-state index is -0.835. The first kappa shape index (κ1) is 12.6. The highest BCUT2D eigenvalue weighted by molar-refractivity contribution is 7.10. The fourth-order valence-electron chi connectivity index (χ4n) is 2.17. The van der Waals surface area contributed by atoms with Crippen molar-refractivity contribution in [2.45, 2.75) is 6.10 Å². The van der Waals surface area contributed by atoms with E-state index in [9.17, 15) is 9.50 Å². The maximum atomic E-state index is 13.7. The smallest absolute Gasteiger partial charge is 0.131 e. The molecule has 19 heavy (non-hydrogen) atoms. The third-order valence-electron chi connectivity index (χ3n) is 3.09. The van der Waals surface area contributed by atoms with Crippen LogP contribution in [0.3, 0.4) is 0 Å². The number of fused-ring (bicyclic) bond motifs is 1. The van der Waals surface area contributed by atoms with Crippen LogP contribution in [-0.2, 0) is 0 Å². The van der Waals surface area contributed by atoms with E-state index in [2.05, 4.69) is 0 Å². The summed E-state index contributed by atoms with van der Waals surface area (Å²) >= 11 is 7.43. The van der Waals surface area contributed by atoms with Gasteiger partial charge in [-0.3, -0.25) is 0 Å². The van der Waals surface area contributed by atoms with Crippen molar-refractivity contribution in [1.29, 1.82) is 0 Å². The van der Waals surface area contributed by atoms with Gasteiger partial charge in [-0.05, 0) is 28.5 Å². The Morgan fingerprint density at radius 3 is 2.47 bits per heavy atom. The zero-order chi connectivity index (χ0) is 13.4. The maximum absolute atomic E-state index is 13.7. The van der Waals surface area contributed by atoms with Crippen LogP contribution >= 0.6 is 22.9 Å². The van der Waals surface area contributed by atoms with Gasteiger partial charge < -0.3 is 5.11 Å². The molecule has 0 bridgehead atoms. The molecule has 4 heteroatoms. The summed E-state index contributed by atoms with van der Waals surface area (Å²) in [6.07, 6.45) is -0.835. The number of rotatable bonds is 2. The van der Waals surface area contributed by atoms with Gasteiger partial charge in [0.15, 0.2) is 0 Å². The standard InChI is InChI=1S/C15H10ClFOS/c16-12-7-8-19-15(12)14(18)11-5-6-13(17)10-4-2-1-3-9(10)11/h1-8,14,18H. The molecule has 1 N–H and O–H groups in total. The fraction of sp³-hybridized carbons (Fsp3) is 0.0667. The van der Waals surface area contributed by atoms with Crippen molar-refractivity contribution in [3.63, 3.8) is 0 Å². The minimum Gasteiger partial charge on any atom is -0.383 e. The molecule has 0 spiro atoms. The lowest BCUT2D eigenvalue weighted by atomic mass is 9.99. The molecule has 0 saturated heterocycles. The quantitative estimate of drug-likeness (QED) is 0.721. The van der Waals surface area contributed by atoms with Gasteiger partial charge in [-0.2, -0.15) is 0 Å². The number of aliphatic hydroxyl groups excluding tert-OH is 1. The molecule has 2 aromatic carbocycles. The average Bonchev–Trinajstić information content (AvgIpc) is 2.85. The Kier molecular flexibility index (Phi) is 3.27. The van der Waals surface area contributed by atoms with E-state index in [1.807, 2.05) is 11.4 Å². The molecule has 1 heterocycles. The Morgan fingerprint density at radius 1 is 1.05 bits per heavy atom. The number of halogens is 2. The van der Waals surface area contributed by atoms with Crippen LogP contribution in [0.5, 0.6) is 0 Å². The van der Waals surface area contributed by atoms with Gasteiger partial charge in [0.1, 0.15) is 11.9 Å². The molecule has 3 rings (SSSR count). The molecular weight excluding hydrogens is 283 g/mol. The van der Waals surface area contributed by atoms with E-state index >= 15 is 0 Å². The molecule has 0 amide bonds. The second kappa shape index (κ2) is 4.93.